The quantitative estimate of drug-likeness (QED) is 0.490. The first-order valence-corrected chi connectivity index (χ1v) is 10.1. The van der Waals surface area contributed by atoms with Gasteiger partial charge in [-0.1, -0.05) is 30.3 Å². The fraction of sp³-hybridized carbons (Fsp3) is 0.0526. The molecule has 0 unspecified atom stereocenters. The number of hydrazone groups is 1. The van der Waals surface area contributed by atoms with Gasteiger partial charge in [-0.15, -0.1) is 0 Å². The normalized spacial score (nSPS) is 11.3. The van der Waals surface area contributed by atoms with E-state index >= 15 is 0 Å². The summed E-state index contributed by atoms with van der Waals surface area (Å²) in [5, 5.41) is 13.1. The van der Waals surface area contributed by atoms with Crippen LogP contribution >= 0.6 is 0 Å². The molecule has 0 bridgehead atoms. The summed E-state index contributed by atoms with van der Waals surface area (Å²) in [6.45, 7) is 0. The first-order chi connectivity index (χ1) is 13.8. The minimum atomic E-state index is -3.52. The molecule has 1 aromatic heterocycles. The Kier molecular flexibility index (Phi) is 5.52. The number of aromatic nitrogens is 2. The summed E-state index contributed by atoms with van der Waals surface area (Å²) in [7, 11) is -3.52. The molecule has 0 radical (unpaired) electrons. The molecule has 0 aliphatic rings. The summed E-state index contributed by atoms with van der Waals surface area (Å²) in [5.41, 5.74) is 2.46. The first-order valence-electron chi connectivity index (χ1n) is 8.18. The van der Waals surface area contributed by atoms with Gasteiger partial charge in [-0.25, -0.2) is 23.2 Å². The molecule has 1 heterocycles. The fourth-order valence-electron chi connectivity index (χ4n) is 2.44. The van der Waals surface area contributed by atoms with E-state index in [0.717, 1.165) is 18.5 Å². The Hall–Kier alpha value is -3.84. The van der Waals surface area contributed by atoms with E-state index in [1.54, 1.807) is 30.3 Å². The zero-order chi connectivity index (χ0) is 21.0. The van der Waals surface area contributed by atoms with Gasteiger partial charge in [-0.2, -0.15) is 10.4 Å². The standard InChI is InChI=1S/C19H14FN5O3S/c1-29(27,28)14-8-7-13(16(20)9-14)11-22-25-19-23-17(12-5-3-2-4-6-12)15(10-21)18(26)24-19/h2-9,11H,1H3,(H2,23,24,25,26). The Bertz CT molecular complexity index is 1300. The third-order valence-corrected chi connectivity index (χ3v) is 4.96. The van der Waals surface area contributed by atoms with Crippen LogP contribution in [0.15, 0.2) is 63.3 Å². The smallest absolute Gasteiger partial charge is 0.270 e. The van der Waals surface area contributed by atoms with Crippen molar-refractivity contribution in [1.29, 1.82) is 5.26 Å². The number of benzene rings is 2. The van der Waals surface area contributed by atoms with Crippen LogP contribution in [0.5, 0.6) is 0 Å². The predicted octanol–water partition coefficient (Wildman–Crippen LogP) is 2.30. The molecule has 10 heteroatoms. The number of aromatic amines is 1. The second-order valence-corrected chi connectivity index (χ2v) is 7.96. The van der Waals surface area contributed by atoms with Crippen LogP contribution < -0.4 is 11.0 Å². The number of halogens is 1. The molecular weight excluding hydrogens is 397 g/mol. The van der Waals surface area contributed by atoms with E-state index in [-0.39, 0.29) is 27.7 Å². The van der Waals surface area contributed by atoms with Crippen molar-refractivity contribution >= 4 is 22.0 Å². The number of nitrogens with one attached hydrogen (secondary N) is 2. The summed E-state index contributed by atoms with van der Waals surface area (Å²) >= 11 is 0. The summed E-state index contributed by atoms with van der Waals surface area (Å²) in [5.74, 6) is -0.818. The molecule has 2 N–H and O–H groups in total. The van der Waals surface area contributed by atoms with Crippen LogP contribution in [0.25, 0.3) is 11.3 Å². The topological polar surface area (TPSA) is 128 Å². The molecule has 0 saturated carbocycles. The third-order valence-electron chi connectivity index (χ3n) is 3.85. The van der Waals surface area contributed by atoms with E-state index in [0.29, 0.717) is 5.56 Å². The minimum Gasteiger partial charge on any atom is -0.290 e. The van der Waals surface area contributed by atoms with Gasteiger partial charge < -0.3 is 0 Å². The molecule has 0 atom stereocenters. The van der Waals surface area contributed by atoms with E-state index in [4.69, 9.17) is 0 Å². The molecule has 3 rings (SSSR count). The monoisotopic (exact) mass is 411 g/mol. The Morgan fingerprint density at radius 2 is 1.97 bits per heavy atom. The lowest BCUT2D eigenvalue weighted by Crippen LogP contribution is -2.16. The second-order valence-electron chi connectivity index (χ2n) is 5.94. The van der Waals surface area contributed by atoms with Gasteiger partial charge in [0.2, 0.25) is 5.95 Å². The maximum absolute atomic E-state index is 14.1. The van der Waals surface area contributed by atoms with E-state index < -0.39 is 21.2 Å². The van der Waals surface area contributed by atoms with Gasteiger partial charge in [-0.05, 0) is 18.2 Å². The maximum atomic E-state index is 14.1. The largest absolute Gasteiger partial charge is 0.290 e. The van der Waals surface area contributed by atoms with Crippen molar-refractivity contribution in [2.45, 2.75) is 4.90 Å². The van der Waals surface area contributed by atoms with Gasteiger partial charge in [0, 0.05) is 17.4 Å². The van der Waals surface area contributed by atoms with Crippen LogP contribution in [0.4, 0.5) is 10.3 Å². The number of hydrogen-bond donors (Lipinski definition) is 2. The highest BCUT2D eigenvalue weighted by Crippen LogP contribution is 2.19. The van der Waals surface area contributed by atoms with Crippen LogP contribution in [0, 0.1) is 17.1 Å². The summed E-state index contributed by atoms with van der Waals surface area (Å²) in [6.07, 6.45) is 2.09. The van der Waals surface area contributed by atoms with Gasteiger partial charge in [0.05, 0.1) is 16.8 Å². The van der Waals surface area contributed by atoms with Gasteiger partial charge in [-0.3, -0.25) is 9.78 Å². The van der Waals surface area contributed by atoms with Crippen LogP contribution in [0.2, 0.25) is 0 Å². The lowest BCUT2D eigenvalue weighted by molar-refractivity contribution is 0.595. The number of H-pyrrole nitrogens is 1. The predicted molar refractivity (Wildman–Crippen MR) is 106 cm³/mol. The van der Waals surface area contributed by atoms with Gasteiger partial charge in [0.15, 0.2) is 9.84 Å². The van der Waals surface area contributed by atoms with E-state index in [9.17, 15) is 22.9 Å². The third kappa shape index (κ3) is 4.53. The highest BCUT2D eigenvalue weighted by Gasteiger charge is 2.13. The van der Waals surface area contributed by atoms with Crippen LogP contribution in [0.3, 0.4) is 0 Å². The highest BCUT2D eigenvalue weighted by molar-refractivity contribution is 7.90. The number of anilines is 1. The maximum Gasteiger partial charge on any atom is 0.270 e. The van der Waals surface area contributed by atoms with Crippen molar-refractivity contribution in [2.75, 3.05) is 11.7 Å². The Morgan fingerprint density at radius 3 is 2.59 bits per heavy atom. The number of hydrogen-bond acceptors (Lipinski definition) is 7. The van der Waals surface area contributed by atoms with Crippen molar-refractivity contribution in [1.82, 2.24) is 9.97 Å². The van der Waals surface area contributed by atoms with Crippen molar-refractivity contribution in [3.8, 4) is 17.3 Å². The van der Waals surface area contributed by atoms with Crippen LogP contribution in [-0.2, 0) is 9.84 Å². The van der Waals surface area contributed by atoms with Gasteiger partial charge in [0.1, 0.15) is 17.4 Å². The molecule has 0 saturated heterocycles. The number of nitriles is 1. The van der Waals surface area contributed by atoms with Crippen LogP contribution in [-0.4, -0.2) is 30.9 Å². The van der Waals surface area contributed by atoms with E-state index in [2.05, 4.69) is 20.5 Å². The summed E-state index contributed by atoms with van der Waals surface area (Å²) in [6, 6.07) is 13.9. The molecule has 2 aromatic carbocycles. The highest BCUT2D eigenvalue weighted by atomic mass is 32.2. The zero-order valence-corrected chi connectivity index (χ0v) is 15.9. The zero-order valence-electron chi connectivity index (χ0n) is 15.0. The first kappa shape index (κ1) is 19.9. The number of sulfone groups is 1. The Labute approximate surface area is 165 Å². The molecule has 0 fully saturated rings. The lowest BCUT2D eigenvalue weighted by Gasteiger charge is -2.06. The van der Waals surface area contributed by atoms with Gasteiger partial charge >= 0.3 is 0 Å². The summed E-state index contributed by atoms with van der Waals surface area (Å²) in [4.78, 5) is 18.6. The molecule has 29 heavy (non-hydrogen) atoms. The SMILES string of the molecule is CS(=O)(=O)c1ccc(C=NNc2nc(-c3ccccc3)c(C#N)c(=O)[nH]2)c(F)c1. The average Bonchev–Trinajstić information content (AvgIpc) is 2.68. The Morgan fingerprint density at radius 1 is 1.24 bits per heavy atom. The molecule has 8 nitrogen and oxygen atoms in total. The number of rotatable bonds is 5. The van der Waals surface area contributed by atoms with Crippen LogP contribution in [0.1, 0.15) is 11.1 Å². The van der Waals surface area contributed by atoms with Crippen molar-refractivity contribution in [2.24, 2.45) is 5.10 Å². The molecule has 0 amide bonds. The molecule has 146 valence electrons. The number of nitrogens with zero attached hydrogens (tertiary/aromatic N) is 3. The molecule has 0 spiro atoms. The molecular formula is C19H14FN5O3S. The molecule has 0 aliphatic carbocycles. The Balaban J connectivity index is 1.89. The van der Waals surface area contributed by atoms with E-state index in [1.165, 1.54) is 12.1 Å². The average molecular weight is 411 g/mol. The van der Waals surface area contributed by atoms with E-state index in [1.807, 2.05) is 6.07 Å². The molecule has 0 aliphatic heterocycles. The second kappa shape index (κ2) is 8.04. The van der Waals surface area contributed by atoms with Gasteiger partial charge in [0.25, 0.3) is 5.56 Å². The fourth-order valence-corrected chi connectivity index (χ4v) is 3.07. The molecule has 3 aromatic rings. The van der Waals surface area contributed by atoms with Crippen molar-refractivity contribution in [3.05, 3.63) is 75.8 Å². The lowest BCUT2D eigenvalue weighted by atomic mass is 10.1. The van der Waals surface area contributed by atoms with Crippen molar-refractivity contribution in [3.63, 3.8) is 0 Å². The van der Waals surface area contributed by atoms with Crippen molar-refractivity contribution < 1.29 is 12.8 Å². The summed E-state index contributed by atoms with van der Waals surface area (Å²) < 4.78 is 37.0. The minimum absolute atomic E-state index is 0.0316.